The number of amides is 1. The van der Waals surface area contributed by atoms with Crippen LogP contribution < -0.4 is 5.48 Å². The average Bonchev–Trinajstić information content (AvgIpc) is 2.50. The van der Waals surface area contributed by atoms with E-state index < -0.39 is 0 Å². The lowest BCUT2D eigenvalue weighted by atomic mass is 10.1. The predicted octanol–water partition coefficient (Wildman–Crippen LogP) is 3.99. The van der Waals surface area contributed by atoms with Crippen molar-refractivity contribution in [2.24, 2.45) is 4.99 Å². The van der Waals surface area contributed by atoms with Gasteiger partial charge in [0.1, 0.15) is 0 Å². The average molecular weight is 306 g/mol. The van der Waals surface area contributed by atoms with Crippen molar-refractivity contribution in [2.45, 2.75) is 58.5 Å². The highest BCUT2D eigenvalue weighted by Gasteiger charge is 2.05. The van der Waals surface area contributed by atoms with E-state index in [4.69, 9.17) is 9.94 Å². The summed E-state index contributed by atoms with van der Waals surface area (Å²) in [7, 11) is 0. The number of nitrogens with one attached hydrogen (secondary N) is 1. The minimum Gasteiger partial charge on any atom is -0.478 e. The molecule has 0 atom stereocenters. The van der Waals surface area contributed by atoms with E-state index in [1.54, 1.807) is 5.48 Å². The number of ether oxygens (including phenoxy) is 1. The van der Waals surface area contributed by atoms with Crippen LogP contribution in [0.15, 0.2) is 35.3 Å². The molecular weight excluding hydrogens is 280 g/mol. The maximum absolute atomic E-state index is 10.9. The zero-order valence-electron chi connectivity index (χ0n) is 13.4. The lowest BCUT2D eigenvalue weighted by Crippen LogP contribution is -2.17. The van der Waals surface area contributed by atoms with Crippen LogP contribution in [0.25, 0.3) is 0 Å². The number of unbranched alkanes of at least 4 members (excludes halogenated alkanes) is 3. The van der Waals surface area contributed by atoms with E-state index in [1.165, 1.54) is 0 Å². The molecule has 0 saturated heterocycles. The summed E-state index contributed by atoms with van der Waals surface area (Å²) >= 11 is 0. The molecule has 22 heavy (non-hydrogen) atoms. The summed E-state index contributed by atoms with van der Waals surface area (Å²) in [6.45, 7) is 3.99. The smallest absolute Gasteiger partial charge is 0.243 e. The highest BCUT2D eigenvalue weighted by Crippen LogP contribution is 2.14. The lowest BCUT2D eigenvalue weighted by Gasteiger charge is -2.12. The number of rotatable bonds is 9. The summed E-state index contributed by atoms with van der Waals surface area (Å²) in [4.78, 5) is 15.4. The predicted molar refractivity (Wildman–Crippen MR) is 87.4 cm³/mol. The fourth-order valence-electron chi connectivity index (χ4n) is 2.03. The van der Waals surface area contributed by atoms with Crippen molar-refractivity contribution in [1.29, 1.82) is 0 Å². The number of hydrogen-bond acceptors (Lipinski definition) is 4. The van der Waals surface area contributed by atoms with Gasteiger partial charge in [-0.15, -0.1) is 0 Å². The number of hydrogen-bond donors (Lipinski definition) is 2. The third kappa shape index (κ3) is 8.42. The molecule has 1 aromatic carbocycles. The zero-order valence-corrected chi connectivity index (χ0v) is 13.4. The van der Waals surface area contributed by atoms with Gasteiger partial charge in [-0.2, -0.15) is 0 Å². The number of hydroxylamine groups is 1. The first-order valence-corrected chi connectivity index (χ1v) is 7.84. The maximum atomic E-state index is 10.9. The molecular formula is C17H26N2O3. The van der Waals surface area contributed by atoms with Crippen LogP contribution in [0.4, 0.5) is 5.69 Å². The fourth-order valence-corrected chi connectivity index (χ4v) is 2.03. The summed E-state index contributed by atoms with van der Waals surface area (Å²) in [6, 6.07) is 9.79. The molecule has 0 heterocycles. The van der Waals surface area contributed by atoms with Crippen LogP contribution in [-0.2, 0) is 9.53 Å². The SMILES string of the molecule is CC(C)O/C(CCCCCCC(=O)NO)=N\c1ccccc1. The Labute approximate surface area is 132 Å². The van der Waals surface area contributed by atoms with Crippen LogP contribution in [0.2, 0.25) is 0 Å². The molecule has 0 radical (unpaired) electrons. The molecule has 5 heteroatoms. The van der Waals surface area contributed by atoms with Crippen LogP contribution in [0.3, 0.4) is 0 Å². The third-order valence-corrected chi connectivity index (χ3v) is 3.05. The Hall–Kier alpha value is -1.88. The van der Waals surface area contributed by atoms with Crippen molar-refractivity contribution in [3.05, 3.63) is 30.3 Å². The van der Waals surface area contributed by atoms with E-state index in [0.717, 1.165) is 43.7 Å². The Bertz CT molecular complexity index is 458. The van der Waals surface area contributed by atoms with Gasteiger partial charge in [-0.25, -0.2) is 10.5 Å². The van der Waals surface area contributed by atoms with Gasteiger partial charge in [0.15, 0.2) is 5.90 Å². The Morgan fingerprint density at radius 1 is 1.14 bits per heavy atom. The van der Waals surface area contributed by atoms with E-state index in [-0.39, 0.29) is 12.0 Å². The van der Waals surface area contributed by atoms with Crippen molar-refractivity contribution < 1.29 is 14.7 Å². The molecule has 1 aromatic rings. The third-order valence-electron chi connectivity index (χ3n) is 3.05. The van der Waals surface area contributed by atoms with Crippen molar-refractivity contribution in [3.8, 4) is 0 Å². The summed E-state index contributed by atoms with van der Waals surface area (Å²) in [5.41, 5.74) is 2.55. The van der Waals surface area contributed by atoms with Crippen LogP contribution in [0.5, 0.6) is 0 Å². The van der Waals surface area contributed by atoms with Crippen LogP contribution in [0.1, 0.15) is 52.4 Å². The van der Waals surface area contributed by atoms with E-state index >= 15 is 0 Å². The molecule has 1 rings (SSSR count). The van der Waals surface area contributed by atoms with Crippen molar-refractivity contribution in [1.82, 2.24) is 5.48 Å². The van der Waals surface area contributed by atoms with E-state index in [9.17, 15) is 4.79 Å². The molecule has 0 fully saturated rings. The standard InChI is InChI=1S/C17H26N2O3/c1-14(2)22-17(18-15-10-6-5-7-11-15)13-9-4-3-8-12-16(20)19-21/h5-7,10-11,14,21H,3-4,8-9,12-13H2,1-2H3,(H,19,20)/b18-17-. The number of para-hydroxylation sites is 1. The molecule has 0 bridgehead atoms. The van der Waals surface area contributed by atoms with Gasteiger partial charge in [0.25, 0.3) is 0 Å². The zero-order chi connectivity index (χ0) is 16.2. The molecule has 0 aliphatic rings. The first kappa shape index (κ1) is 18.2. The fraction of sp³-hybridized carbons (Fsp3) is 0.529. The molecule has 5 nitrogen and oxygen atoms in total. The minimum atomic E-state index is -0.325. The molecule has 0 aliphatic carbocycles. The quantitative estimate of drug-likeness (QED) is 0.238. The number of carbonyl (C=O) groups is 1. The normalized spacial score (nSPS) is 11.5. The van der Waals surface area contributed by atoms with Crippen LogP contribution >= 0.6 is 0 Å². The highest BCUT2D eigenvalue weighted by atomic mass is 16.5. The second-order valence-electron chi connectivity index (χ2n) is 5.46. The Morgan fingerprint density at radius 3 is 2.36 bits per heavy atom. The number of carbonyl (C=O) groups excluding carboxylic acids is 1. The first-order chi connectivity index (χ1) is 10.6. The largest absolute Gasteiger partial charge is 0.478 e. The van der Waals surface area contributed by atoms with Gasteiger partial charge in [0, 0.05) is 12.8 Å². The number of nitrogens with zero attached hydrogens (tertiary/aromatic N) is 1. The first-order valence-electron chi connectivity index (χ1n) is 7.84. The molecule has 1 amide bonds. The molecule has 0 unspecified atom stereocenters. The summed E-state index contributed by atoms with van der Waals surface area (Å²) in [5.74, 6) is 0.434. The van der Waals surface area contributed by atoms with Crippen LogP contribution in [0, 0.1) is 0 Å². The van der Waals surface area contributed by atoms with Crippen molar-refractivity contribution >= 4 is 17.5 Å². The van der Waals surface area contributed by atoms with Gasteiger partial charge in [0.05, 0.1) is 11.8 Å². The lowest BCUT2D eigenvalue weighted by molar-refractivity contribution is -0.129. The molecule has 0 aliphatic heterocycles. The van der Waals surface area contributed by atoms with E-state index in [0.29, 0.717) is 6.42 Å². The van der Waals surface area contributed by atoms with Crippen molar-refractivity contribution in [3.63, 3.8) is 0 Å². The Morgan fingerprint density at radius 2 is 1.77 bits per heavy atom. The van der Waals surface area contributed by atoms with Gasteiger partial charge in [-0.3, -0.25) is 10.0 Å². The summed E-state index contributed by atoms with van der Waals surface area (Å²) < 4.78 is 5.77. The minimum absolute atomic E-state index is 0.107. The van der Waals surface area contributed by atoms with Gasteiger partial charge >= 0.3 is 0 Å². The van der Waals surface area contributed by atoms with Crippen LogP contribution in [-0.4, -0.2) is 23.1 Å². The van der Waals surface area contributed by atoms with E-state index in [2.05, 4.69) is 4.99 Å². The molecule has 0 spiro atoms. The van der Waals surface area contributed by atoms with Gasteiger partial charge in [0.2, 0.25) is 5.91 Å². The number of aliphatic imine (C=N–C) groups is 1. The summed E-state index contributed by atoms with van der Waals surface area (Å²) in [6.07, 6.45) is 4.97. The maximum Gasteiger partial charge on any atom is 0.243 e. The Balaban J connectivity index is 2.36. The Kier molecular flexibility index (Phi) is 8.91. The van der Waals surface area contributed by atoms with Gasteiger partial charge < -0.3 is 4.74 Å². The highest BCUT2D eigenvalue weighted by molar-refractivity contribution is 5.79. The van der Waals surface area contributed by atoms with Gasteiger partial charge in [-0.05, 0) is 38.8 Å². The second-order valence-corrected chi connectivity index (χ2v) is 5.46. The summed E-state index contributed by atoms with van der Waals surface area (Å²) in [5, 5.41) is 8.40. The second kappa shape index (κ2) is 10.8. The van der Waals surface area contributed by atoms with Crippen molar-refractivity contribution in [2.75, 3.05) is 0 Å². The molecule has 0 aromatic heterocycles. The van der Waals surface area contributed by atoms with Gasteiger partial charge in [-0.1, -0.05) is 31.0 Å². The monoisotopic (exact) mass is 306 g/mol. The topological polar surface area (TPSA) is 70.9 Å². The molecule has 0 saturated carbocycles. The number of benzene rings is 1. The molecule has 122 valence electrons. The van der Waals surface area contributed by atoms with E-state index in [1.807, 2.05) is 44.2 Å². The molecule has 2 N–H and O–H groups in total.